The Bertz CT molecular complexity index is 500. The number of halogens is 3. The van der Waals surface area contributed by atoms with Crippen LogP contribution in [0, 0.1) is 11.7 Å². The minimum Gasteiger partial charge on any atom is -0.353 e. The van der Waals surface area contributed by atoms with Gasteiger partial charge < -0.3 is 10.6 Å². The maximum Gasteiger partial charge on any atom is 0.223 e. The lowest BCUT2D eigenvalue weighted by Gasteiger charge is -2.23. The van der Waals surface area contributed by atoms with Gasteiger partial charge in [0.25, 0.3) is 0 Å². The lowest BCUT2D eigenvalue weighted by Crippen LogP contribution is -2.43. The topological polar surface area (TPSA) is 41.1 Å². The number of carbonyl (C=O) groups is 1. The van der Waals surface area contributed by atoms with Crippen LogP contribution in [0.15, 0.2) is 18.2 Å². The van der Waals surface area contributed by atoms with Crippen LogP contribution >= 0.6 is 24.0 Å². The summed E-state index contributed by atoms with van der Waals surface area (Å²) in [4.78, 5) is 12.2. The van der Waals surface area contributed by atoms with Crippen molar-refractivity contribution in [1.29, 1.82) is 0 Å². The molecule has 2 unspecified atom stereocenters. The van der Waals surface area contributed by atoms with E-state index in [4.69, 9.17) is 11.6 Å². The highest BCUT2D eigenvalue weighted by molar-refractivity contribution is 6.31. The first kappa shape index (κ1) is 16.5. The van der Waals surface area contributed by atoms with Gasteiger partial charge in [-0.3, -0.25) is 4.79 Å². The Morgan fingerprint density at radius 3 is 2.71 bits per heavy atom. The highest BCUT2D eigenvalue weighted by Gasteiger charge is 2.46. The maximum atomic E-state index is 13.8. The summed E-state index contributed by atoms with van der Waals surface area (Å²) in [5, 5.41) is 6.76. The summed E-state index contributed by atoms with van der Waals surface area (Å²) in [7, 11) is 0. The smallest absolute Gasteiger partial charge is 0.223 e. The van der Waals surface area contributed by atoms with Gasteiger partial charge in [0.2, 0.25) is 5.91 Å². The molecule has 1 saturated carbocycles. The number of nitrogens with one attached hydrogen (secondary N) is 2. The van der Waals surface area contributed by atoms with E-state index in [0.29, 0.717) is 17.0 Å². The highest BCUT2D eigenvalue weighted by atomic mass is 35.5. The molecule has 3 nitrogen and oxygen atoms in total. The van der Waals surface area contributed by atoms with Gasteiger partial charge in [-0.05, 0) is 44.5 Å². The van der Waals surface area contributed by atoms with E-state index in [1.54, 1.807) is 12.1 Å². The third kappa shape index (κ3) is 3.68. The minimum absolute atomic E-state index is 0. The Balaban J connectivity index is 0.00000161. The van der Waals surface area contributed by atoms with Gasteiger partial charge in [-0.25, -0.2) is 4.39 Å². The van der Waals surface area contributed by atoms with Crippen molar-refractivity contribution in [3.8, 4) is 0 Å². The van der Waals surface area contributed by atoms with Crippen molar-refractivity contribution >= 4 is 29.9 Å². The molecule has 2 atom stereocenters. The Morgan fingerprint density at radius 2 is 2.05 bits per heavy atom. The summed E-state index contributed by atoms with van der Waals surface area (Å²) in [6, 6.07) is 4.93. The Morgan fingerprint density at radius 1 is 1.33 bits per heavy atom. The quantitative estimate of drug-likeness (QED) is 0.893. The molecule has 1 amide bonds. The highest BCUT2D eigenvalue weighted by Crippen LogP contribution is 2.50. The number of amides is 1. The molecule has 1 aromatic carbocycles. The Kier molecular flexibility index (Phi) is 5.47. The first-order chi connectivity index (χ1) is 9.66. The van der Waals surface area contributed by atoms with Gasteiger partial charge in [-0.2, -0.15) is 0 Å². The molecular formula is C15H19Cl2FN2O. The van der Waals surface area contributed by atoms with Crippen LogP contribution < -0.4 is 10.6 Å². The maximum absolute atomic E-state index is 13.8. The summed E-state index contributed by atoms with van der Waals surface area (Å²) in [5.74, 6) is -0.453. The molecule has 2 aliphatic rings. The van der Waals surface area contributed by atoms with Crippen LogP contribution in [-0.2, 0) is 4.79 Å². The average Bonchev–Trinajstić information content (AvgIpc) is 3.20. The second kappa shape index (κ2) is 6.95. The number of rotatable bonds is 3. The van der Waals surface area contributed by atoms with Gasteiger partial charge >= 0.3 is 0 Å². The zero-order valence-corrected chi connectivity index (χ0v) is 13.1. The van der Waals surface area contributed by atoms with E-state index in [9.17, 15) is 9.18 Å². The molecule has 2 fully saturated rings. The summed E-state index contributed by atoms with van der Waals surface area (Å²) >= 11 is 6.05. The number of piperidine rings is 1. The fourth-order valence-corrected chi connectivity index (χ4v) is 3.25. The normalized spacial score (nSPS) is 25.0. The van der Waals surface area contributed by atoms with E-state index in [0.717, 1.165) is 25.9 Å². The first-order valence-electron chi connectivity index (χ1n) is 7.12. The van der Waals surface area contributed by atoms with Crippen molar-refractivity contribution in [3.05, 3.63) is 34.6 Å². The van der Waals surface area contributed by atoms with Crippen molar-refractivity contribution in [1.82, 2.24) is 10.6 Å². The molecule has 0 aromatic heterocycles. The predicted molar refractivity (Wildman–Crippen MR) is 83.5 cm³/mol. The third-order valence-electron chi connectivity index (χ3n) is 4.18. The minimum atomic E-state index is -0.306. The molecule has 1 aliphatic heterocycles. The number of hydrogen-bond donors (Lipinski definition) is 2. The van der Waals surface area contributed by atoms with Gasteiger partial charge in [0.15, 0.2) is 0 Å². The summed E-state index contributed by atoms with van der Waals surface area (Å²) < 4.78 is 13.8. The molecule has 2 N–H and O–H groups in total. The zero-order valence-electron chi connectivity index (χ0n) is 11.6. The molecule has 1 aromatic rings. The fraction of sp³-hybridized carbons (Fsp3) is 0.533. The third-order valence-corrected chi connectivity index (χ3v) is 4.51. The predicted octanol–water partition coefficient (Wildman–Crippen LogP) is 2.87. The van der Waals surface area contributed by atoms with Gasteiger partial charge in [0.1, 0.15) is 5.82 Å². The molecule has 6 heteroatoms. The Hall–Kier alpha value is -0.840. The molecule has 1 saturated heterocycles. The number of benzene rings is 1. The van der Waals surface area contributed by atoms with Gasteiger partial charge in [0, 0.05) is 28.5 Å². The van der Waals surface area contributed by atoms with E-state index in [1.807, 2.05) is 0 Å². The van der Waals surface area contributed by atoms with Crippen LogP contribution in [0.2, 0.25) is 5.02 Å². The zero-order chi connectivity index (χ0) is 14.1. The van der Waals surface area contributed by atoms with Crippen LogP contribution in [0.5, 0.6) is 0 Å². The molecule has 0 bridgehead atoms. The van der Waals surface area contributed by atoms with Gasteiger partial charge in [-0.1, -0.05) is 17.7 Å². The van der Waals surface area contributed by atoms with Crippen LogP contribution in [0.3, 0.4) is 0 Å². The van der Waals surface area contributed by atoms with Crippen LogP contribution in [0.25, 0.3) is 0 Å². The van der Waals surface area contributed by atoms with Crippen molar-refractivity contribution in [2.45, 2.75) is 31.2 Å². The van der Waals surface area contributed by atoms with Crippen molar-refractivity contribution in [3.63, 3.8) is 0 Å². The van der Waals surface area contributed by atoms with Crippen LogP contribution in [0.4, 0.5) is 4.39 Å². The molecule has 0 spiro atoms. The number of hydrogen-bond acceptors (Lipinski definition) is 2. The SMILES string of the molecule is Cl.O=C(NC1CCNCC1)C1CC1c1c(F)cccc1Cl. The molecule has 3 rings (SSSR count). The van der Waals surface area contributed by atoms with Crippen molar-refractivity contribution in [2.24, 2.45) is 5.92 Å². The molecule has 1 aliphatic carbocycles. The van der Waals surface area contributed by atoms with Gasteiger partial charge in [-0.15, -0.1) is 12.4 Å². The van der Waals surface area contributed by atoms with E-state index >= 15 is 0 Å². The lowest BCUT2D eigenvalue weighted by atomic mass is 10.1. The molecular weight excluding hydrogens is 314 g/mol. The average molecular weight is 333 g/mol. The summed E-state index contributed by atoms with van der Waals surface area (Å²) in [5.41, 5.74) is 0.500. The lowest BCUT2D eigenvalue weighted by molar-refractivity contribution is -0.123. The fourth-order valence-electron chi connectivity index (χ4n) is 2.94. The van der Waals surface area contributed by atoms with E-state index in [2.05, 4.69) is 10.6 Å². The summed E-state index contributed by atoms with van der Waals surface area (Å²) in [6.07, 6.45) is 2.62. The largest absolute Gasteiger partial charge is 0.353 e. The van der Waals surface area contributed by atoms with Crippen LogP contribution in [-0.4, -0.2) is 25.0 Å². The molecule has 21 heavy (non-hydrogen) atoms. The van der Waals surface area contributed by atoms with Crippen molar-refractivity contribution < 1.29 is 9.18 Å². The van der Waals surface area contributed by atoms with E-state index in [-0.39, 0.29) is 42.0 Å². The summed E-state index contributed by atoms with van der Waals surface area (Å²) in [6.45, 7) is 1.89. The van der Waals surface area contributed by atoms with E-state index in [1.165, 1.54) is 6.07 Å². The monoisotopic (exact) mass is 332 g/mol. The standard InChI is InChI=1S/C15H18ClFN2O.ClH/c16-12-2-1-3-13(17)14(12)10-8-11(10)15(20)19-9-4-6-18-7-5-9;/h1-3,9-11,18H,4-8H2,(H,19,20);1H. The Labute approximate surface area is 135 Å². The van der Waals surface area contributed by atoms with Crippen LogP contribution in [0.1, 0.15) is 30.7 Å². The second-order valence-electron chi connectivity index (χ2n) is 5.62. The molecule has 116 valence electrons. The van der Waals surface area contributed by atoms with E-state index < -0.39 is 0 Å². The molecule has 1 heterocycles. The van der Waals surface area contributed by atoms with Crippen molar-refractivity contribution in [2.75, 3.05) is 13.1 Å². The second-order valence-corrected chi connectivity index (χ2v) is 6.02. The molecule has 0 radical (unpaired) electrons. The first-order valence-corrected chi connectivity index (χ1v) is 7.49. The number of carbonyl (C=O) groups excluding carboxylic acids is 1. The van der Waals surface area contributed by atoms with Gasteiger partial charge in [0.05, 0.1) is 0 Å².